The molecule has 0 aliphatic heterocycles. The van der Waals surface area contributed by atoms with Gasteiger partial charge in [-0.1, -0.05) is 0 Å². The van der Waals surface area contributed by atoms with E-state index in [1.165, 1.54) is 37.7 Å². The van der Waals surface area contributed by atoms with Gasteiger partial charge in [-0.25, -0.2) is 0 Å². The second-order valence-electron chi connectivity index (χ2n) is 4.74. The molecule has 0 aromatic carbocycles. The molecule has 0 radical (unpaired) electrons. The first kappa shape index (κ1) is 10.7. The van der Waals surface area contributed by atoms with Crippen LogP contribution in [0.25, 0.3) is 0 Å². The van der Waals surface area contributed by atoms with Crippen LogP contribution in [0.1, 0.15) is 43.6 Å². The first-order valence-electron chi connectivity index (χ1n) is 5.98. The molecular formula is C12H21N3. The van der Waals surface area contributed by atoms with Gasteiger partial charge in [0, 0.05) is 13.2 Å². The molecule has 0 saturated heterocycles. The maximum Gasteiger partial charge on any atom is 0.0524 e. The summed E-state index contributed by atoms with van der Waals surface area (Å²) in [6, 6.07) is 0. The van der Waals surface area contributed by atoms with Crippen LogP contribution in [0.4, 0.5) is 0 Å². The van der Waals surface area contributed by atoms with Gasteiger partial charge < -0.3 is 5.73 Å². The monoisotopic (exact) mass is 207 g/mol. The Labute approximate surface area is 91.7 Å². The normalized spacial score (nSPS) is 26.8. The summed E-state index contributed by atoms with van der Waals surface area (Å²) in [5.74, 6) is 1.62. The Hall–Kier alpha value is -0.830. The summed E-state index contributed by atoms with van der Waals surface area (Å²) in [6.45, 7) is 0.849. The number of hydrogen-bond donors (Lipinski definition) is 1. The molecule has 84 valence electrons. The third kappa shape index (κ3) is 2.59. The minimum Gasteiger partial charge on any atom is -0.330 e. The molecule has 2 N–H and O–H groups in total. The maximum absolute atomic E-state index is 5.60. The van der Waals surface area contributed by atoms with E-state index in [9.17, 15) is 0 Å². The highest BCUT2D eigenvalue weighted by Gasteiger charge is 2.22. The summed E-state index contributed by atoms with van der Waals surface area (Å²) in [5.41, 5.74) is 7.02. The lowest BCUT2D eigenvalue weighted by Gasteiger charge is -2.27. The fourth-order valence-corrected chi connectivity index (χ4v) is 2.67. The van der Waals surface area contributed by atoms with Gasteiger partial charge in [0.05, 0.1) is 6.20 Å². The molecule has 15 heavy (non-hydrogen) atoms. The Balaban J connectivity index is 1.88. The van der Waals surface area contributed by atoms with E-state index < -0.39 is 0 Å². The molecule has 0 bridgehead atoms. The van der Waals surface area contributed by atoms with Crippen LogP contribution in [0, 0.1) is 5.92 Å². The lowest BCUT2D eigenvalue weighted by Crippen LogP contribution is -2.16. The van der Waals surface area contributed by atoms with Crippen molar-refractivity contribution in [2.45, 2.75) is 38.0 Å². The van der Waals surface area contributed by atoms with Crippen molar-refractivity contribution in [1.82, 2.24) is 9.78 Å². The molecule has 1 aromatic heterocycles. The number of nitrogens with two attached hydrogens (primary N) is 1. The van der Waals surface area contributed by atoms with Gasteiger partial charge in [-0.2, -0.15) is 5.10 Å². The summed E-state index contributed by atoms with van der Waals surface area (Å²) < 4.78 is 1.90. The van der Waals surface area contributed by atoms with Crippen molar-refractivity contribution in [3.8, 4) is 0 Å². The molecule has 2 rings (SSSR count). The topological polar surface area (TPSA) is 43.8 Å². The van der Waals surface area contributed by atoms with Crippen molar-refractivity contribution in [3.05, 3.63) is 18.0 Å². The fourth-order valence-electron chi connectivity index (χ4n) is 2.67. The molecule has 0 spiro atoms. The zero-order valence-corrected chi connectivity index (χ0v) is 9.52. The molecule has 3 heteroatoms. The van der Waals surface area contributed by atoms with Crippen LogP contribution in [-0.2, 0) is 7.05 Å². The summed E-state index contributed by atoms with van der Waals surface area (Å²) in [6.07, 6.45) is 10.7. The van der Waals surface area contributed by atoms with Crippen LogP contribution < -0.4 is 5.73 Å². The minimum absolute atomic E-state index is 0.743. The molecule has 1 heterocycles. The van der Waals surface area contributed by atoms with E-state index in [4.69, 9.17) is 5.73 Å². The zero-order valence-electron chi connectivity index (χ0n) is 9.52. The van der Waals surface area contributed by atoms with Gasteiger partial charge in [-0.15, -0.1) is 0 Å². The summed E-state index contributed by atoms with van der Waals surface area (Å²) in [7, 11) is 1.99. The summed E-state index contributed by atoms with van der Waals surface area (Å²) in [5, 5.41) is 4.24. The number of hydrogen-bond acceptors (Lipinski definition) is 2. The lowest BCUT2D eigenvalue weighted by atomic mass is 9.78. The molecule has 1 aliphatic carbocycles. The van der Waals surface area contributed by atoms with Gasteiger partial charge in [0.2, 0.25) is 0 Å². The van der Waals surface area contributed by atoms with E-state index in [1.807, 2.05) is 17.9 Å². The van der Waals surface area contributed by atoms with Crippen molar-refractivity contribution >= 4 is 0 Å². The molecule has 0 atom stereocenters. The molecule has 1 aliphatic rings. The van der Waals surface area contributed by atoms with E-state index >= 15 is 0 Å². The maximum atomic E-state index is 5.60. The van der Waals surface area contributed by atoms with E-state index in [1.54, 1.807) is 0 Å². The zero-order chi connectivity index (χ0) is 10.7. The van der Waals surface area contributed by atoms with Gasteiger partial charge in [-0.3, -0.25) is 4.68 Å². The van der Waals surface area contributed by atoms with Crippen LogP contribution in [0.2, 0.25) is 0 Å². The highest BCUT2D eigenvalue weighted by Crippen LogP contribution is 2.36. The third-order valence-electron chi connectivity index (χ3n) is 3.62. The summed E-state index contributed by atoms with van der Waals surface area (Å²) in [4.78, 5) is 0. The van der Waals surface area contributed by atoms with Gasteiger partial charge >= 0.3 is 0 Å². The highest BCUT2D eigenvalue weighted by atomic mass is 15.2. The second-order valence-corrected chi connectivity index (χ2v) is 4.74. The number of nitrogens with zero attached hydrogens (tertiary/aromatic N) is 2. The van der Waals surface area contributed by atoms with Crippen molar-refractivity contribution in [2.75, 3.05) is 6.54 Å². The smallest absolute Gasteiger partial charge is 0.0524 e. The van der Waals surface area contributed by atoms with Gasteiger partial charge in [0.25, 0.3) is 0 Å². The number of aryl methyl sites for hydroxylation is 1. The Morgan fingerprint density at radius 3 is 2.67 bits per heavy atom. The Bertz CT molecular complexity index is 298. The van der Waals surface area contributed by atoms with E-state index in [0.717, 1.165) is 18.4 Å². The van der Waals surface area contributed by atoms with Crippen LogP contribution in [0.15, 0.2) is 12.4 Å². The largest absolute Gasteiger partial charge is 0.330 e. The molecule has 1 saturated carbocycles. The van der Waals surface area contributed by atoms with Crippen LogP contribution in [-0.4, -0.2) is 16.3 Å². The second kappa shape index (κ2) is 4.79. The predicted molar refractivity (Wildman–Crippen MR) is 61.6 cm³/mol. The van der Waals surface area contributed by atoms with Crippen molar-refractivity contribution in [2.24, 2.45) is 18.7 Å². The average molecular weight is 207 g/mol. The Kier molecular flexibility index (Phi) is 3.41. The molecule has 0 unspecified atom stereocenters. The summed E-state index contributed by atoms with van der Waals surface area (Å²) >= 11 is 0. The Morgan fingerprint density at radius 1 is 1.40 bits per heavy atom. The standard InChI is InChI=1S/C12H21N3/c1-15-9-12(8-14-15)11-4-2-10(3-5-11)6-7-13/h8-11H,2-7,13H2,1H3. The first-order valence-corrected chi connectivity index (χ1v) is 5.98. The van der Waals surface area contributed by atoms with Gasteiger partial charge in [0.15, 0.2) is 0 Å². The van der Waals surface area contributed by atoms with Gasteiger partial charge in [0.1, 0.15) is 0 Å². The molecular weight excluding hydrogens is 186 g/mol. The van der Waals surface area contributed by atoms with E-state index in [0.29, 0.717) is 0 Å². The molecule has 0 amide bonds. The van der Waals surface area contributed by atoms with Crippen molar-refractivity contribution < 1.29 is 0 Å². The Morgan fingerprint density at radius 2 is 2.13 bits per heavy atom. The van der Waals surface area contributed by atoms with E-state index in [2.05, 4.69) is 11.3 Å². The average Bonchev–Trinajstić information content (AvgIpc) is 2.67. The molecule has 1 fully saturated rings. The molecule has 3 nitrogen and oxygen atoms in total. The lowest BCUT2D eigenvalue weighted by molar-refractivity contribution is 0.313. The van der Waals surface area contributed by atoms with Crippen LogP contribution in [0.5, 0.6) is 0 Å². The fraction of sp³-hybridized carbons (Fsp3) is 0.750. The van der Waals surface area contributed by atoms with Crippen LogP contribution >= 0.6 is 0 Å². The van der Waals surface area contributed by atoms with Crippen molar-refractivity contribution in [1.29, 1.82) is 0 Å². The first-order chi connectivity index (χ1) is 7.29. The number of aromatic nitrogens is 2. The quantitative estimate of drug-likeness (QED) is 0.824. The number of rotatable bonds is 3. The predicted octanol–water partition coefficient (Wildman–Crippen LogP) is 2.04. The highest BCUT2D eigenvalue weighted by molar-refractivity contribution is 5.11. The minimum atomic E-state index is 0.743. The SMILES string of the molecule is Cn1cc(C2CCC(CCN)CC2)cn1. The van der Waals surface area contributed by atoms with E-state index in [-0.39, 0.29) is 0 Å². The van der Waals surface area contributed by atoms with Crippen LogP contribution in [0.3, 0.4) is 0 Å². The van der Waals surface area contributed by atoms with Crippen molar-refractivity contribution in [3.63, 3.8) is 0 Å². The molecule has 1 aromatic rings. The van der Waals surface area contributed by atoms with Gasteiger partial charge in [-0.05, 0) is 56.0 Å². The third-order valence-corrected chi connectivity index (χ3v) is 3.62.